The fourth-order valence-electron chi connectivity index (χ4n) is 1.07. The summed E-state index contributed by atoms with van der Waals surface area (Å²) in [6, 6.07) is 4.20. The normalized spacial score (nSPS) is 15.3. The lowest BCUT2D eigenvalue weighted by Gasteiger charge is -2.22. The van der Waals surface area contributed by atoms with Crippen LogP contribution in [0.3, 0.4) is 0 Å². The smallest absolute Gasteiger partial charge is 0.0701 e. The summed E-state index contributed by atoms with van der Waals surface area (Å²) in [4.78, 5) is 1.35. The second-order valence-corrected chi connectivity index (χ2v) is 5.99. The molecule has 0 aliphatic rings. The molecule has 2 N–H and O–H groups in total. The van der Waals surface area contributed by atoms with Gasteiger partial charge in [0, 0.05) is 16.8 Å². The summed E-state index contributed by atoms with van der Waals surface area (Å²) in [6.45, 7) is 6.60. The lowest BCUT2D eigenvalue weighted by molar-refractivity contribution is 0.442. The van der Waals surface area contributed by atoms with E-state index in [4.69, 9.17) is 5.73 Å². The topological polar surface area (TPSA) is 26.0 Å². The van der Waals surface area contributed by atoms with Crippen molar-refractivity contribution in [2.24, 2.45) is 11.1 Å². The summed E-state index contributed by atoms with van der Waals surface area (Å²) >= 11 is 5.20. The van der Waals surface area contributed by atoms with Crippen LogP contribution in [0.2, 0.25) is 0 Å². The highest BCUT2D eigenvalue weighted by Crippen LogP contribution is 2.29. The molecule has 13 heavy (non-hydrogen) atoms. The van der Waals surface area contributed by atoms with Crippen LogP contribution < -0.4 is 5.73 Å². The van der Waals surface area contributed by atoms with Gasteiger partial charge in [0.25, 0.3) is 0 Å². The van der Waals surface area contributed by atoms with Crippen LogP contribution in [0.1, 0.15) is 11.8 Å². The van der Waals surface area contributed by atoms with Gasteiger partial charge in [0.05, 0.1) is 3.79 Å². The minimum absolute atomic E-state index is 0.0320. The van der Waals surface area contributed by atoms with E-state index in [0.717, 1.165) is 6.42 Å². The fraction of sp³-hybridized carbons (Fsp3) is 0.400. The minimum Gasteiger partial charge on any atom is -0.330 e. The maximum Gasteiger partial charge on any atom is 0.0701 e. The van der Waals surface area contributed by atoms with Gasteiger partial charge >= 0.3 is 0 Å². The van der Waals surface area contributed by atoms with E-state index in [1.165, 1.54) is 8.66 Å². The Morgan fingerprint density at radius 3 is 2.77 bits per heavy atom. The Labute approximate surface area is 91.8 Å². The second-order valence-electron chi connectivity index (χ2n) is 3.44. The Hall–Kier alpha value is -0.120. The van der Waals surface area contributed by atoms with Gasteiger partial charge in [-0.15, -0.1) is 17.9 Å². The maximum absolute atomic E-state index is 5.69. The monoisotopic (exact) mass is 259 g/mol. The van der Waals surface area contributed by atoms with Gasteiger partial charge in [-0.1, -0.05) is 13.0 Å². The molecule has 0 bridgehead atoms. The Balaban J connectivity index is 2.72. The van der Waals surface area contributed by atoms with Gasteiger partial charge < -0.3 is 5.73 Å². The molecule has 1 heterocycles. The first kappa shape index (κ1) is 11.0. The Bertz CT molecular complexity index is 295. The van der Waals surface area contributed by atoms with Gasteiger partial charge in [-0.25, -0.2) is 0 Å². The molecule has 1 rings (SSSR count). The Kier molecular flexibility index (Phi) is 3.71. The van der Waals surface area contributed by atoms with Crippen LogP contribution in [-0.2, 0) is 6.42 Å². The van der Waals surface area contributed by atoms with Crippen LogP contribution in [0.4, 0.5) is 0 Å². The molecule has 0 aliphatic heterocycles. The number of hydrogen-bond donors (Lipinski definition) is 1. The summed E-state index contributed by atoms with van der Waals surface area (Å²) in [6.07, 6.45) is 2.92. The van der Waals surface area contributed by atoms with E-state index in [2.05, 4.69) is 41.6 Å². The number of hydrogen-bond acceptors (Lipinski definition) is 2. The van der Waals surface area contributed by atoms with Gasteiger partial charge in [0.2, 0.25) is 0 Å². The predicted molar refractivity (Wildman–Crippen MR) is 63.1 cm³/mol. The molecular weight excluding hydrogens is 246 g/mol. The van der Waals surface area contributed by atoms with Crippen molar-refractivity contribution in [3.05, 3.63) is 33.5 Å². The molecule has 0 aromatic carbocycles. The van der Waals surface area contributed by atoms with Crippen molar-refractivity contribution >= 4 is 27.3 Å². The van der Waals surface area contributed by atoms with Crippen LogP contribution >= 0.6 is 27.3 Å². The van der Waals surface area contributed by atoms with Crippen LogP contribution in [0, 0.1) is 5.41 Å². The summed E-state index contributed by atoms with van der Waals surface area (Å²) < 4.78 is 1.17. The molecule has 1 unspecified atom stereocenters. The molecule has 0 aliphatic carbocycles. The lowest BCUT2D eigenvalue weighted by atomic mass is 9.86. The molecular formula is C10H14BrNS. The molecule has 0 saturated carbocycles. The summed E-state index contributed by atoms with van der Waals surface area (Å²) in [7, 11) is 0. The van der Waals surface area contributed by atoms with Crippen molar-refractivity contribution in [2.75, 3.05) is 6.54 Å². The molecule has 0 amide bonds. The molecule has 1 atom stereocenters. The van der Waals surface area contributed by atoms with E-state index in [9.17, 15) is 0 Å². The first-order chi connectivity index (χ1) is 6.09. The maximum atomic E-state index is 5.69. The van der Waals surface area contributed by atoms with E-state index >= 15 is 0 Å². The zero-order valence-corrected chi connectivity index (χ0v) is 10.1. The van der Waals surface area contributed by atoms with Gasteiger partial charge in [0.15, 0.2) is 0 Å². The van der Waals surface area contributed by atoms with Crippen molar-refractivity contribution in [3.8, 4) is 0 Å². The zero-order chi connectivity index (χ0) is 9.90. The van der Waals surface area contributed by atoms with E-state index in [-0.39, 0.29) is 5.41 Å². The van der Waals surface area contributed by atoms with Crippen molar-refractivity contribution in [1.29, 1.82) is 0 Å². The summed E-state index contributed by atoms with van der Waals surface area (Å²) in [5.74, 6) is 0. The standard InChI is InChI=1S/C10H14BrNS/c1-3-10(2,7-12)6-8-4-5-9(11)13-8/h3-5H,1,6-7,12H2,2H3. The van der Waals surface area contributed by atoms with Crippen LogP contribution in [0.5, 0.6) is 0 Å². The SMILES string of the molecule is C=CC(C)(CN)Cc1ccc(Br)s1. The first-order valence-electron chi connectivity index (χ1n) is 4.17. The molecule has 0 fully saturated rings. The number of rotatable bonds is 4. The molecule has 0 radical (unpaired) electrons. The van der Waals surface area contributed by atoms with E-state index in [1.807, 2.05) is 6.08 Å². The van der Waals surface area contributed by atoms with Gasteiger partial charge in [0.1, 0.15) is 0 Å². The van der Waals surface area contributed by atoms with Gasteiger partial charge in [-0.05, 0) is 34.5 Å². The second kappa shape index (κ2) is 4.40. The van der Waals surface area contributed by atoms with Crippen molar-refractivity contribution in [2.45, 2.75) is 13.3 Å². The lowest BCUT2D eigenvalue weighted by Crippen LogP contribution is -2.26. The van der Waals surface area contributed by atoms with E-state index in [1.54, 1.807) is 11.3 Å². The van der Waals surface area contributed by atoms with Crippen LogP contribution in [0.25, 0.3) is 0 Å². The van der Waals surface area contributed by atoms with Crippen LogP contribution in [-0.4, -0.2) is 6.54 Å². The third-order valence-electron chi connectivity index (χ3n) is 2.17. The molecule has 1 nitrogen and oxygen atoms in total. The average Bonchev–Trinajstić information content (AvgIpc) is 2.51. The quantitative estimate of drug-likeness (QED) is 0.826. The zero-order valence-electron chi connectivity index (χ0n) is 7.72. The van der Waals surface area contributed by atoms with Crippen molar-refractivity contribution in [3.63, 3.8) is 0 Å². The van der Waals surface area contributed by atoms with Gasteiger partial charge in [-0.3, -0.25) is 0 Å². The van der Waals surface area contributed by atoms with Crippen molar-refractivity contribution < 1.29 is 0 Å². The molecule has 72 valence electrons. The minimum atomic E-state index is 0.0320. The molecule has 0 saturated heterocycles. The third-order valence-corrected chi connectivity index (χ3v) is 3.79. The number of halogens is 1. The van der Waals surface area contributed by atoms with E-state index in [0.29, 0.717) is 6.54 Å². The number of thiophene rings is 1. The highest BCUT2D eigenvalue weighted by atomic mass is 79.9. The predicted octanol–water partition coefficient (Wildman–Crippen LogP) is 3.20. The average molecular weight is 260 g/mol. The molecule has 3 heteroatoms. The van der Waals surface area contributed by atoms with Crippen LogP contribution in [0.15, 0.2) is 28.6 Å². The summed E-state index contributed by atoms with van der Waals surface area (Å²) in [5, 5.41) is 0. The molecule has 1 aromatic heterocycles. The van der Waals surface area contributed by atoms with E-state index < -0.39 is 0 Å². The largest absolute Gasteiger partial charge is 0.330 e. The molecule has 0 spiro atoms. The van der Waals surface area contributed by atoms with Crippen molar-refractivity contribution in [1.82, 2.24) is 0 Å². The molecule has 1 aromatic rings. The highest BCUT2D eigenvalue weighted by Gasteiger charge is 2.19. The fourth-order valence-corrected chi connectivity index (χ4v) is 2.75. The summed E-state index contributed by atoms with van der Waals surface area (Å²) in [5.41, 5.74) is 5.73. The third kappa shape index (κ3) is 2.93. The number of nitrogens with two attached hydrogens (primary N) is 1. The Morgan fingerprint density at radius 1 is 1.69 bits per heavy atom. The van der Waals surface area contributed by atoms with Gasteiger partial charge in [-0.2, -0.15) is 0 Å². The Morgan fingerprint density at radius 2 is 2.38 bits per heavy atom. The highest BCUT2D eigenvalue weighted by molar-refractivity contribution is 9.11. The first-order valence-corrected chi connectivity index (χ1v) is 5.78.